The van der Waals surface area contributed by atoms with Crippen LogP contribution in [0.5, 0.6) is 0 Å². The van der Waals surface area contributed by atoms with Gasteiger partial charge in [0.1, 0.15) is 11.6 Å². The minimum Gasteiger partial charge on any atom is -0.396 e. The molecule has 0 spiro atoms. The monoisotopic (exact) mass is 291 g/mol. The number of rotatable bonds is 2. The number of anilines is 1. The van der Waals surface area contributed by atoms with Gasteiger partial charge in [0.15, 0.2) is 0 Å². The van der Waals surface area contributed by atoms with Crippen molar-refractivity contribution in [3.05, 3.63) is 28.2 Å². The van der Waals surface area contributed by atoms with Crippen LogP contribution in [0.3, 0.4) is 0 Å². The molecule has 0 aromatic heterocycles. The van der Waals surface area contributed by atoms with Crippen LogP contribution in [-0.2, 0) is 0 Å². The zero-order chi connectivity index (χ0) is 11.7. The Kier molecular flexibility index (Phi) is 3.44. The fourth-order valence-electron chi connectivity index (χ4n) is 1.95. The highest BCUT2D eigenvalue weighted by Gasteiger charge is 2.24. The lowest BCUT2D eigenvalue weighted by molar-refractivity contribution is 0.238. The second kappa shape index (κ2) is 4.67. The summed E-state index contributed by atoms with van der Waals surface area (Å²) < 4.78 is 26.9. The molecule has 0 radical (unpaired) electrons. The summed E-state index contributed by atoms with van der Waals surface area (Å²) in [4.78, 5) is 1.83. The summed E-state index contributed by atoms with van der Waals surface area (Å²) in [7, 11) is 0. The van der Waals surface area contributed by atoms with Gasteiger partial charge in [0, 0.05) is 31.7 Å². The zero-order valence-electron chi connectivity index (χ0n) is 8.59. The maximum absolute atomic E-state index is 13.5. The average Bonchev–Trinajstić information content (AvgIpc) is 2.71. The summed E-state index contributed by atoms with van der Waals surface area (Å²) >= 11 is 3.04. The molecule has 88 valence electrons. The summed E-state index contributed by atoms with van der Waals surface area (Å²) in [5.41, 5.74) is 0.393. The van der Waals surface area contributed by atoms with Crippen LogP contribution in [0.2, 0.25) is 0 Å². The van der Waals surface area contributed by atoms with E-state index in [2.05, 4.69) is 15.9 Å². The molecule has 0 amide bonds. The lowest BCUT2D eigenvalue weighted by Gasteiger charge is -2.19. The molecule has 1 unspecified atom stereocenters. The smallest absolute Gasteiger partial charge is 0.149 e. The molecule has 2 rings (SSSR count). The Balaban J connectivity index is 2.24. The Morgan fingerprint density at radius 2 is 2.12 bits per heavy atom. The Bertz CT molecular complexity index is 400. The first-order valence-corrected chi connectivity index (χ1v) is 5.91. The molecule has 16 heavy (non-hydrogen) atoms. The van der Waals surface area contributed by atoms with Crippen molar-refractivity contribution in [1.29, 1.82) is 0 Å². The molecular weight excluding hydrogens is 280 g/mol. The van der Waals surface area contributed by atoms with Gasteiger partial charge in [-0.05, 0) is 28.4 Å². The van der Waals surface area contributed by atoms with Crippen LogP contribution in [0.15, 0.2) is 16.6 Å². The van der Waals surface area contributed by atoms with Gasteiger partial charge in [-0.1, -0.05) is 0 Å². The van der Waals surface area contributed by atoms with E-state index in [0.717, 1.165) is 12.5 Å². The van der Waals surface area contributed by atoms with Crippen LogP contribution in [0.1, 0.15) is 6.42 Å². The molecule has 1 heterocycles. The summed E-state index contributed by atoms with van der Waals surface area (Å²) in [5, 5.41) is 9.01. The van der Waals surface area contributed by atoms with E-state index in [1.165, 1.54) is 6.07 Å². The molecule has 5 heteroatoms. The van der Waals surface area contributed by atoms with Crippen LogP contribution in [0.25, 0.3) is 0 Å². The van der Waals surface area contributed by atoms with Gasteiger partial charge in [-0.2, -0.15) is 0 Å². The number of aliphatic hydroxyl groups excluding tert-OH is 1. The van der Waals surface area contributed by atoms with Crippen molar-refractivity contribution in [2.45, 2.75) is 6.42 Å². The molecule has 1 N–H and O–H groups in total. The number of benzene rings is 1. The number of nitrogens with zero attached hydrogens (tertiary/aromatic N) is 1. The van der Waals surface area contributed by atoms with Crippen molar-refractivity contribution in [3.63, 3.8) is 0 Å². The molecule has 1 aromatic rings. The van der Waals surface area contributed by atoms with E-state index in [1.54, 1.807) is 0 Å². The first kappa shape index (κ1) is 11.8. The molecule has 0 bridgehead atoms. The second-order valence-electron chi connectivity index (χ2n) is 4.00. The predicted molar refractivity (Wildman–Crippen MR) is 61.5 cm³/mol. The van der Waals surface area contributed by atoms with E-state index in [9.17, 15) is 8.78 Å². The fourth-order valence-corrected chi connectivity index (χ4v) is 2.29. The molecule has 0 saturated carbocycles. The molecule has 0 aliphatic carbocycles. The van der Waals surface area contributed by atoms with Crippen molar-refractivity contribution in [1.82, 2.24) is 0 Å². The number of hydrogen-bond donors (Lipinski definition) is 1. The molecule has 1 saturated heterocycles. The first-order valence-electron chi connectivity index (χ1n) is 5.12. The van der Waals surface area contributed by atoms with Gasteiger partial charge in [0.05, 0.1) is 10.2 Å². The van der Waals surface area contributed by atoms with Gasteiger partial charge >= 0.3 is 0 Å². The third kappa shape index (κ3) is 2.20. The summed E-state index contributed by atoms with van der Waals surface area (Å²) in [5.74, 6) is -0.971. The van der Waals surface area contributed by atoms with E-state index in [-0.39, 0.29) is 17.0 Å². The normalized spacial score (nSPS) is 20.5. The predicted octanol–water partition coefficient (Wildman–Crippen LogP) is 2.55. The molecule has 1 aliphatic heterocycles. The largest absolute Gasteiger partial charge is 0.396 e. The van der Waals surface area contributed by atoms with E-state index in [4.69, 9.17) is 5.11 Å². The van der Waals surface area contributed by atoms with E-state index >= 15 is 0 Å². The molecule has 2 nitrogen and oxygen atoms in total. The Labute approximate surface area is 101 Å². The van der Waals surface area contributed by atoms with Crippen LogP contribution in [-0.4, -0.2) is 24.8 Å². The maximum Gasteiger partial charge on any atom is 0.149 e. The Hall–Kier alpha value is -0.680. The molecule has 1 aromatic carbocycles. The molecular formula is C11H12BrF2NO. The second-order valence-corrected chi connectivity index (χ2v) is 4.86. The third-order valence-corrected chi connectivity index (χ3v) is 3.48. The average molecular weight is 292 g/mol. The van der Waals surface area contributed by atoms with Gasteiger partial charge in [-0.3, -0.25) is 0 Å². The minimum absolute atomic E-state index is 0.112. The van der Waals surface area contributed by atoms with Gasteiger partial charge in [-0.15, -0.1) is 0 Å². The molecule has 1 atom stereocenters. The van der Waals surface area contributed by atoms with E-state index in [0.29, 0.717) is 18.8 Å². The Morgan fingerprint density at radius 1 is 1.38 bits per heavy atom. The molecule has 1 aliphatic rings. The van der Waals surface area contributed by atoms with Crippen LogP contribution in [0.4, 0.5) is 14.5 Å². The van der Waals surface area contributed by atoms with Crippen LogP contribution < -0.4 is 4.90 Å². The lowest BCUT2D eigenvalue weighted by atomic mass is 10.1. The Morgan fingerprint density at radius 3 is 2.75 bits per heavy atom. The summed E-state index contributed by atoms with van der Waals surface area (Å²) in [6, 6.07) is 2.33. The van der Waals surface area contributed by atoms with Gasteiger partial charge in [0.25, 0.3) is 0 Å². The molecule has 1 fully saturated rings. The number of halogens is 3. The number of hydrogen-bond acceptors (Lipinski definition) is 2. The van der Waals surface area contributed by atoms with Crippen molar-refractivity contribution in [3.8, 4) is 0 Å². The van der Waals surface area contributed by atoms with E-state index in [1.807, 2.05) is 4.90 Å². The zero-order valence-corrected chi connectivity index (χ0v) is 10.2. The summed E-state index contributed by atoms with van der Waals surface area (Å²) in [6.07, 6.45) is 0.838. The van der Waals surface area contributed by atoms with Crippen molar-refractivity contribution in [2.75, 3.05) is 24.6 Å². The van der Waals surface area contributed by atoms with Crippen molar-refractivity contribution < 1.29 is 13.9 Å². The highest BCUT2D eigenvalue weighted by atomic mass is 79.9. The third-order valence-electron chi connectivity index (χ3n) is 2.87. The highest BCUT2D eigenvalue weighted by molar-refractivity contribution is 9.10. The SMILES string of the molecule is OCC1CCN(c2cc(Br)c(F)cc2F)C1. The van der Waals surface area contributed by atoms with Crippen LogP contribution >= 0.6 is 15.9 Å². The van der Waals surface area contributed by atoms with Crippen molar-refractivity contribution in [2.24, 2.45) is 5.92 Å². The van der Waals surface area contributed by atoms with Gasteiger partial charge in [-0.25, -0.2) is 8.78 Å². The summed E-state index contributed by atoms with van der Waals surface area (Å²) in [6.45, 7) is 1.42. The van der Waals surface area contributed by atoms with Gasteiger partial charge in [0.2, 0.25) is 0 Å². The maximum atomic E-state index is 13.5. The fraction of sp³-hybridized carbons (Fsp3) is 0.455. The highest BCUT2D eigenvalue weighted by Crippen LogP contribution is 2.30. The first-order chi connectivity index (χ1) is 7.61. The quantitative estimate of drug-likeness (QED) is 0.847. The minimum atomic E-state index is -0.598. The number of aliphatic hydroxyl groups is 1. The lowest BCUT2D eigenvalue weighted by Crippen LogP contribution is -2.21. The van der Waals surface area contributed by atoms with Crippen LogP contribution in [0, 0.1) is 17.6 Å². The topological polar surface area (TPSA) is 23.5 Å². The van der Waals surface area contributed by atoms with E-state index < -0.39 is 11.6 Å². The van der Waals surface area contributed by atoms with Crippen molar-refractivity contribution >= 4 is 21.6 Å². The standard InChI is InChI=1S/C11H12BrF2NO/c12-8-3-11(10(14)4-9(8)13)15-2-1-7(5-15)6-16/h3-4,7,16H,1-2,5-6H2. The van der Waals surface area contributed by atoms with Gasteiger partial charge < -0.3 is 10.0 Å².